The molecular formula is C22H20. The first kappa shape index (κ1) is 13.3. The van der Waals surface area contributed by atoms with Crippen LogP contribution in [0.5, 0.6) is 0 Å². The quantitative estimate of drug-likeness (QED) is 0.623. The standard InChI is InChI=1S/C22H20/c1-2-7-17(8-3-1)15-20-11-6-12-21-16-19-10-5-4-9-18(19)13-14-22(20)21/h1-12H,13-16H2. The molecule has 1 aliphatic rings. The highest BCUT2D eigenvalue weighted by molar-refractivity contribution is 5.45. The van der Waals surface area contributed by atoms with Crippen LogP contribution in [0.3, 0.4) is 0 Å². The molecule has 108 valence electrons. The summed E-state index contributed by atoms with van der Waals surface area (Å²) < 4.78 is 0. The van der Waals surface area contributed by atoms with Gasteiger partial charge >= 0.3 is 0 Å². The molecule has 0 amide bonds. The molecule has 0 heterocycles. The minimum atomic E-state index is 1.04. The molecule has 1 aliphatic carbocycles. The summed E-state index contributed by atoms with van der Waals surface area (Å²) in [7, 11) is 0. The largest absolute Gasteiger partial charge is 0.0622 e. The fourth-order valence-electron chi connectivity index (χ4n) is 3.59. The maximum Gasteiger partial charge on any atom is -0.00202 e. The topological polar surface area (TPSA) is 0 Å². The molecule has 3 aromatic rings. The van der Waals surface area contributed by atoms with Gasteiger partial charge in [-0.25, -0.2) is 0 Å². The summed E-state index contributed by atoms with van der Waals surface area (Å²) in [6.45, 7) is 0. The lowest BCUT2D eigenvalue weighted by Crippen LogP contribution is -2.00. The van der Waals surface area contributed by atoms with E-state index in [4.69, 9.17) is 0 Å². The van der Waals surface area contributed by atoms with Crippen molar-refractivity contribution in [1.82, 2.24) is 0 Å². The zero-order chi connectivity index (χ0) is 14.8. The molecule has 0 bridgehead atoms. The Morgan fingerprint density at radius 3 is 2.18 bits per heavy atom. The minimum absolute atomic E-state index is 1.04. The van der Waals surface area contributed by atoms with E-state index in [2.05, 4.69) is 72.8 Å². The van der Waals surface area contributed by atoms with Crippen LogP contribution in [-0.2, 0) is 25.7 Å². The third-order valence-electron chi connectivity index (χ3n) is 4.75. The van der Waals surface area contributed by atoms with Crippen LogP contribution in [-0.4, -0.2) is 0 Å². The molecule has 0 spiro atoms. The van der Waals surface area contributed by atoms with Gasteiger partial charge in [0.25, 0.3) is 0 Å². The monoisotopic (exact) mass is 284 g/mol. The van der Waals surface area contributed by atoms with E-state index in [1.54, 1.807) is 5.56 Å². The highest BCUT2D eigenvalue weighted by Crippen LogP contribution is 2.27. The summed E-state index contributed by atoms with van der Waals surface area (Å²) in [4.78, 5) is 0. The predicted octanol–water partition coefficient (Wildman–Crippen LogP) is 4.97. The van der Waals surface area contributed by atoms with Crippen LogP contribution in [0, 0.1) is 0 Å². The SMILES string of the molecule is c1ccc(Cc2cccc3c2CCc2ccccc2C3)cc1. The van der Waals surface area contributed by atoms with Crippen LogP contribution in [0.4, 0.5) is 0 Å². The maximum atomic E-state index is 2.31. The Morgan fingerprint density at radius 1 is 0.591 bits per heavy atom. The van der Waals surface area contributed by atoms with Gasteiger partial charge in [-0.3, -0.25) is 0 Å². The number of rotatable bonds is 2. The molecule has 22 heavy (non-hydrogen) atoms. The van der Waals surface area contributed by atoms with Crippen LogP contribution in [0.1, 0.15) is 33.4 Å². The zero-order valence-electron chi connectivity index (χ0n) is 12.8. The van der Waals surface area contributed by atoms with Crippen LogP contribution >= 0.6 is 0 Å². The molecule has 0 N–H and O–H groups in total. The van der Waals surface area contributed by atoms with E-state index in [9.17, 15) is 0 Å². The summed E-state index contributed by atoms with van der Waals surface area (Å²) in [6, 6.07) is 26.6. The third kappa shape index (κ3) is 2.57. The average Bonchev–Trinajstić information content (AvgIpc) is 2.75. The molecule has 0 radical (unpaired) electrons. The van der Waals surface area contributed by atoms with Gasteiger partial charge in [0.1, 0.15) is 0 Å². The highest BCUT2D eigenvalue weighted by Gasteiger charge is 2.15. The Bertz CT molecular complexity index is 784. The lowest BCUT2D eigenvalue weighted by molar-refractivity contribution is 0.941. The molecule has 0 saturated carbocycles. The van der Waals surface area contributed by atoms with Gasteiger partial charge in [-0.05, 0) is 59.1 Å². The van der Waals surface area contributed by atoms with Crippen LogP contribution < -0.4 is 0 Å². The molecule has 0 saturated heterocycles. The Morgan fingerprint density at radius 2 is 1.32 bits per heavy atom. The molecule has 0 aliphatic heterocycles. The number of fused-ring (bicyclic) bond motifs is 2. The van der Waals surface area contributed by atoms with Crippen molar-refractivity contribution in [2.45, 2.75) is 25.7 Å². The second-order valence-corrected chi connectivity index (χ2v) is 6.16. The van der Waals surface area contributed by atoms with Gasteiger partial charge in [-0.1, -0.05) is 72.8 Å². The van der Waals surface area contributed by atoms with Crippen molar-refractivity contribution in [3.8, 4) is 0 Å². The Balaban J connectivity index is 1.71. The van der Waals surface area contributed by atoms with Crippen molar-refractivity contribution in [1.29, 1.82) is 0 Å². The smallest absolute Gasteiger partial charge is 0.00202 e. The molecule has 0 atom stereocenters. The fraction of sp³-hybridized carbons (Fsp3) is 0.182. The first-order valence-electron chi connectivity index (χ1n) is 8.10. The van der Waals surface area contributed by atoms with E-state index in [1.807, 2.05) is 0 Å². The van der Waals surface area contributed by atoms with Gasteiger partial charge in [-0.2, -0.15) is 0 Å². The van der Waals surface area contributed by atoms with Crippen molar-refractivity contribution in [2.24, 2.45) is 0 Å². The predicted molar refractivity (Wildman–Crippen MR) is 92.3 cm³/mol. The van der Waals surface area contributed by atoms with E-state index in [1.165, 1.54) is 27.8 Å². The fourth-order valence-corrected chi connectivity index (χ4v) is 3.59. The van der Waals surface area contributed by atoms with Crippen molar-refractivity contribution in [3.63, 3.8) is 0 Å². The van der Waals surface area contributed by atoms with E-state index in [0.29, 0.717) is 0 Å². The molecular weight excluding hydrogens is 264 g/mol. The highest BCUT2D eigenvalue weighted by atomic mass is 14.2. The number of aryl methyl sites for hydroxylation is 1. The number of hydrogen-bond acceptors (Lipinski definition) is 0. The Kier molecular flexibility index (Phi) is 3.52. The van der Waals surface area contributed by atoms with Gasteiger partial charge in [0.15, 0.2) is 0 Å². The summed E-state index contributed by atoms with van der Waals surface area (Å²) in [5.41, 5.74) is 9.00. The van der Waals surface area contributed by atoms with Gasteiger partial charge in [0.05, 0.1) is 0 Å². The molecule has 3 aromatic carbocycles. The van der Waals surface area contributed by atoms with Gasteiger partial charge in [0, 0.05) is 0 Å². The van der Waals surface area contributed by atoms with E-state index in [0.717, 1.165) is 25.7 Å². The molecule has 0 unspecified atom stereocenters. The first-order valence-corrected chi connectivity index (χ1v) is 8.10. The lowest BCUT2D eigenvalue weighted by atomic mass is 9.92. The molecule has 0 heteroatoms. The second-order valence-electron chi connectivity index (χ2n) is 6.16. The average molecular weight is 284 g/mol. The zero-order valence-corrected chi connectivity index (χ0v) is 12.8. The van der Waals surface area contributed by atoms with Crippen molar-refractivity contribution in [3.05, 3.63) is 106 Å². The summed E-state index contributed by atoms with van der Waals surface area (Å²) in [5.74, 6) is 0. The van der Waals surface area contributed by atoms with Crippen molar-refractivity contribution < 1.29 is 0 Å². The van der Waals surface area contributed by atoms with Gasteiger partial charge in [-0.15, -0.1) is 0 Å². The van der Waals surface area contributed by atoms with Gasteiger partial charge < -0.3 is 0 Å². The van der Waals surface area contributed by atoms with E-state index in [-0.39, 0.29) is 0 Å². The lowest BCUT2D eigenvalue weighted by Gasteiger charge is -2.12. The Hall–Kier alpha value is -2.34. The van der Waals surface area contributed by atoms with E-state index < -0.39 is 0 Å². The second kappa shape index (κ2) is 5.81. The summed E-state index contributed by atoms with van der Waals surface area (Å²) >= 11 is 0. The first-order chi connectivity index (χ1) is 10.9. The molecule has 0 aromatic heterocycles. The molecule has 0 fully saturated rings. The number of hydrogen-bond donors (Lipinski definition) is 0. The van der Waals surface area contributed by atoms with Gasteiger partial charge in [0.2, 0.25) is 0 Å². The Labute approximate surface area is 132 Å². The minimum Gasteiger partial charge on any atom is -0.0622 e. The summed E-state index contributed by atoms with van der Waals surface area (Å²) in [5, 5.41) is 0. The normalized spacial score (nSPS) is 13.1. The maximum absolute atomic E-state index is 2.31. The third-order valence-corrected chi connectivity index (χ3v) is 4.75. The molecule has 0 nitrogen and oxygen atoms in total. The van der Waals surface area contributed by atoms with Crippen molar-refractivity contribution >= 4 is 0 Å². The van der Waals surface area contributed by atoms with Crippen LogP contribution in [0.25, 0.3) is 0 Å². The van der Waals surface area contributed by atoms with Crippen LogP contribution in [0.2, 0.25) is 0 Å². The van der Waals surface area contributed by atoms with Crippen LogP contribution in [0.15, 0.2) is 72.8 Å². The van der Waals surface area contributed by atoms with Crippen molar-refractivity contribution in [2.75, 3.05) is 0 Å². The molecule has 4 rings (SSSR count). The number of benzene rings is 3. The summed E-state index contributed by atoms with van der Waals surface area (Å²) in [6.07, 6.45) is 4.44. The van der Waals surface area contributed by atoms with E-state index >= 15 is 0 Å².